The largest absolute Gasteiger partial charge is 0.350 e. The van der Waals surface area contributed by atoms with Gasteiger partial charge in [-0.15, -0.1) is 0 Å². The van der Waals surface area contributed by atoms with Crippen LogP contribution in [0.1, 0.15) is 50.3 Å². The summed E-state index contributed by atoms with van der Waals surface area (Å²) < 4.78 is 40.3. The van der Waals surface area contributed by atoms with Crippen LogP contribution < -0.4 is 9.62 Å². The summed E-state index contributed by atoms with van der Waals surface area (Å²) >= 11 is 6.25. The third-order valence-corrected chi connectivity index (χ3v) is 8.28. The molecule has 0 unspecified atom stereocenters. The van der Waals surface area contributed by atoms with Crippen molar-refractivity contribution in [3.63, 3.8) is 0 Å². The molecule has 0 aliphatic rings. The van der Waals surface area contributed by atoms with E-state index in [9.17, 15) is 22.4 Å². The number of nitrogens with zero attached hydrogens (tertiary/aromatic N) is 2. The zero-order valence-electron chi connectivity index (χ0n) is 24.7. The highest BCUT2D eigenvalue weighted by Crippen LogP contribution is 2.28. The van der Waals surface area contributed by atoms with Gasteiger partial charge in [0.15, 0.2) is 0 Å². The zero-order chi connectivity index (χ0) is 31.1. The second-order valence-corrected chi connectivity index (χ2v) is 13.7. The van der Waals surface area contributed by atoms with E-state index in [0.717, 1.165) is 11.8 Å². The molecule has 0 spiro atoms. The van der Waals surface area contributed by atoms with Crippen molar-refractivity contribution in [2.24, 2.45) is 0 Å². The van der Waals surface area contributed by atoms with Crippen LogP contribution in [0.3, 0.4) is 0 Å². The van der Waals surface area contributed by atoms with E-state index in [4.69, 9.17) is 11.6 Å². The first kappa shape index (κ1) is 33.1. The first-order chi connectivity index (χ1) is 19.7. The number of hydrogen-bond donors (Lipinski definition) is 1. The lowest BCUT2D eigenvalue weighted by atomic mass is 10.00. The molecule has 3 aromatic carbocycles. The summed E-state index contributed by atoms with van der Waals surface area (Å²) in [5.74, 6) is -1.03. The molecule has 0 aliphatic heterocycles. The van der Waals surface area contributed by atoms with E-state index in [1.54, 1.807) is 37.3 Å². The van der Waals surface area contributed by atoms with Crippen LogP contribution in [0.5, 0.6) is 0 Å². The molecule has 0 aromatic heterocycles. The molecule has 226 valence electrons. The van der Waals surface area contributed by atoms with Crippen LogP contribution in [0.15, 0.2) is 72.8 Å². The van der Waals surface area contributed by atoms with E-state index in [-0.39, 0.29) is 44.2 Å². The van der Waals surface area contributed by atoms with Crippen molar-refractivity contribution in [1.29, 1.82) is 0 Å². The number of carbonyl (C=O) groups is 2. The summed E-state index contributed by atoms with van der Waals surface area (Å²) in [5.41, 5.74) is 2.08. The van der Waals surface area contributed by atoms with E-state index in [1.165, 1.54) is 21.3 Å². The van der Waals surface area contributed by atoms with Gasteiger partial charge in [-0.1, -0.05) is 60.1 Å². The van der Waals surface area contributed by atoms with Crippen molar-refractivity contribution in [2.75, 3.05) is 17.1 Å². The number of hydrogen-bond acceptors (Lipinski definition) is 4. The Morgan fingerprint density at radius 1 is 0.952 bits per heavy atom. The Balaban J connectivity index is 1.92. The Kier molecular flexibility index (Phi) is 11.2. The smallest absolute Gasteiger partial charge is 0.243 e. The Morgan fingerprint density at radius 3 is 2.19 bits per heavy atom. The molecule has 0 bridgehead atoms. The highest BCUT2D eigenvalue weighted by Gasteiger charge is 2.32. The van der Waals surface area contributed by atoms with Crippen LogP contribution in [0, 0.1) is 12.7 Å². The average molecular weight is 616 g/mol. The minimum Gasteiger partial charge on any atom is -0.350 e. The second-order valence-electron chi connectivity index (χ2n) is 11.4. The van der Waals surface area contributed by atoms with Gasteiger partial charge < -0.3 is 10.2 Å². The maximum Gasteiger partial charge on any atom is 0.243 e. The molecule has 0 saturated heterocycles. The van der Waals surface area contributed by atoms with Gasteiger partial charge in [0.1, 0.15) is 11.9 Å². The maximum atomic E-state index is 13.9. The predicted molar refractivity (Wildman–Crippen MR) is 166 cm³/mol. The van der Waals surface area contributed by atoms with E-state index in [0.29, 0.717) is 21.8 Å². The molecule has 1 N–H and O–H groups in total. The average Bonchev–Trinajstić information content (AvgIpc) is 2.90. The lowest BCUT2D eigenvalue weighted by Gasteiger charge is -2.34. The van der Waals surface area contributed by atoms with Crippen LogP contribution >= 0.6 is 11.6 Å². The number of halogens is 2. The Hall–Kier alpha value is -3.43. The minimum atomic E-state index is -3.67. The van der Waals surface area contributed by atoms with Crippen molar-refractivity contribution >= 4 is 39.1 Å². The SMILES string of the molecule is Cc1c(Cl)cccc1N(CCCC(=O)N(Cc1ccc(F)cc1)[C@@H](Cc1ccccc1)C(=O)NC(C)(C)C)S(C)(=O)=O. The fourth-order valence-corrected chi connectivity index (χ4v) is 5.83. The van der Waals surface area contributed by atoms with Crippen molar-refractivity contribution in [2.45, 2.75) is 65.1 Å². The summed E-state index contributed by atoms with van der Waals surface area (Å²) in [6.07, 6.45) is 1.58. The first-order valence-electron chi connectivity index (χ1n) is 13.8. The fraction of sp³-hybridized carbons (Fsp3) is 0.375. The number of amides is 2. The Bertz CT molecular complexity index is 1480. The summed E-state index contributed by atoms with van der Waals surface area (Å²) in [5, 5.41) is 3.45. The van der Waals surface area contributed by atoms with Crippen LogP contribution in [-0.2, 0) is 32.6 Å². The number of rotatable bonds is 12. The Labute approximate surface area is 253 Å². The molecule has 0 radical (unpaired) electrons. The van der Waals surface area contributed by atoms with Gasteiger partial charge in [0.2, 0.25) is 21.8 Å². The molecular weight excluding hydrogens is 577 g/mol. The number of carbonyl (C=O) groups excluding carboxylic acids is 2. The van der Waals surface area contributed by atoms with Gasteiger partial charge in [-0.2, -0.15) is 0 Å². The fourth-order valence-electron chi connectivity index (χ4n) is 4.64. The third-order valence-electron chi connectivity index (χ3n) is 6.70. The lowest BCUT2D eigenvalue weighted by molar-refractivity contribution is -0.142. The van der Waals surface area contributed by atoms with Gasteiger partial charge in [0.25, 0.3) is 0 Å². The lowest BCUT2D eigenvalue weighted by Crippen LogP contribution is -2.54. The number of anilines is 1. The van der Waals surface area contributed by atoms with Crippen LogP contribution in [0.25, 0.3) is 0 Å². The topological polar surface area (TPSA) is 86.8 Å². The molecule has 0 aliphatic carbocycles. The summed E-state index contributed by atoms with van der Waals surface area (Å²) in [6.45, 7) is 7.48. The summed E-state index contributed by atoms with van der Waals surface area (Å²) in [4.78, 5) is 29.1. The molecule has 42 heavy (non-hydrogen) atoms. The van der Waals surface area contributed by atoms with E-state index in [2.05, 4.69) is 5.32 Å². The minimum absolute atomic E-state index is 0.0130. The van der Waals surface area contributed by atoms with Crippen LogP contribution in [0.4, 0.5) is 10.1 Å². The van der Waals surface area contributed by atoms with Crippen molar-refractivity contribution < 1.29 is 22.4 Å². The monoisotopic (exact) mass is 615 g/mol. The van der Waals surface area contributed by atoms with Crippen molar-refractivity contribution in [3.05, 3.63) is 100 Å². The predicted octanol–water partition coefficient (Wildman–Crippen LogP) is 5.89. The molecule has 3 aromatic rings. The second kappa shape index (κ2) is 14.2. The zero-order valence-corrected chi connectivity index (χ0v) is 26.3. The van der Waals surface area contributed by atoms with Gasteiger partial charge in [-0.05, 0) is 75.1 Å². The molecule has 0 saturated carbocycles. The van der Waals surface area contributed by atoms with Gasteiger partial charge >= 0.3 is 0 Å². The molecule has 2 amide bonds. The number of sulfonamides is 1. The highest BCUT2D eigenvalue weighted by atomic mass is 35.5. The maximum absolute atomic E-state index is 13.9. The molecule has 0 heterocycles. The standard InChI is InChI=1S/C32H39ClFN3O4S/c1-23-27(33)13-9-14-28(23)37(42(5,40)41)20-10-15-30(38)36(22-25-16-18-26(34)19-17-25)29(31(39)35-32(2,3)4)21-24-11-7-6-8-12-24/h6-9,11-14,16-19,29H,10,15,20-22H2,1-5H3,(H,35,39)/t29-/m0/s1. The van der Waals surface area contributed by atoms with Gasteiger partial charge in [0.05, 0.1) is 11.9 Å². The number of benzene rings is 3. The number of nitrogens with one attached hydrogen (secondary N) is 1. The molecule has 0 fully saturated rings. The van der Waals surface area contributed by atoms with Gasteiger partial charge in [-0.3, -0.25) is 13.9 Å². The van der Waals surface area contributed by atoms with E-state index >= 15 is 0 Å². The highest BCUT2D eigenvalue weighted by molar-refractivity contribution is 7.92. The van der Waals surface area contributed by atoms with Crippen LogP contribution in [0.2, 0.25) is 5.02 Å². The van der Waals surface area contributed by atoms with Crippen LogP contribution in [-0.4, -0.2) is 49.5 Å². The molecule has 3 rings (SSSR count). The van der Waals surface area contributed by atoms with Gasteiger partial charge in [-0.25, -0.2) is 12.8 Å². The van der Waals surface area contributed by atoms with Crippen molar-refractivity contribution in [1.82, 2.24) is 10.2 Å². The molecule has 10 heteroatoms. The normalized spacial score (nSPS) is 12.5. The quantitative estimate of drug-likeness (QED) is 0.275. The summed E-state index contributed by atoms with van der Waals surface area (Å²) in [6, 6.07) is 19.4. The molecule has 1 atom stereocenters. The van der Waals surface area contributed by atoms with Gasteiger partial charge in [0, 0.05) is 36.5 Å². The van der Waals surface area contributed by atoms with Crippen molar-refractivity contribution in [3.8, 4) is 0 Å². The third kappa shape index (κ3) is 9.56. The molecule has 7 nitrogen and oxygen atoms in total. The van der Waals surface area contributed by atoms with E-state index < -0.39 is 27.4 Å². The molecular formula is C32H39ClFN3O4S. The Morgan fingerprint density at radius 2 is 1.60 bits per heavy atom. The first-order valence-corrected chi connectivity index (χ1v) is 16.0. The summed E-state index contributed by atoms with van der Waals surface area (Å²) in [7, 11) is -3.67. The van der Waals surface area contributed by atoms with E-state index in [1.807, 2.05) is 51.1 Å².